The van der Waals surface area contributed by atoms with E-state index in [9.17, 15) is 9.59 Å². The van der Waals surface area contributed by atoms with Gasteiger partial charge in [0.05, 0.1) is 16.6 Å². The highest BCUT2D eigenvalue weighted by atomic mass is 35.5. The van der Waals surface area contributed by atoms with Gasteiger partial charge >= 0.3 is 0 Å². The first-order valence-corrected chi connectivity index (χ1v) is 9.10. The maximum Gasteiger partial charge on any atom is 0.227 e. The molecule has 1 fully saturated rings. The average Bonchev–Trinajstić information content (AvgIpc) is 3.01. The zero-order chi connectivity index (χ0) is 18.7. The SMILES string of the molecule is CN(CCc1ccncc1)C(=O)C1CC(=O)N(c2ccc(Cl)cc2Cl)C1. The predicted octanol–water partition coefficient (Wildman–Crippen LogP) is 3.44. The van der Waals surface area contributed by atoms with Crippen LogP contribution in [0.2, 0.25) is 10.0 Å². The molecule has 0 N–H and O–H groups in total. The van der Waals surface area contributed by atoms with Crippen molar-refractivity contribution in [3.63, 3.8) is 0 Å². The van der Waals surface area contributed by atoms with Crippen molar-refractivity contribution in [2.24, 2.45) is 5.92 Å². The topological polar surface area (TPSA) is 53.5 Å². The standard InChI is InChI=1S/C19H19Cl2N3O2/c1-23(9-6-13-4-7-22-8-5-13)19(26)14-10-18(25)24(12-14)17-3-2-15(20)11-16(17)21/h2-5,7-8,11,14H,6,9-10,12H2,1H3. The fraction of sp³-hybridized carbons (Fsp3) is 0.316. The molecule has 2 heterocycles. The van der Waals surface area contributed by atoms with Gasteiger partial charge in [-0.25, -0.2) is 0 Å². The van der Waals surface area contributed by atoms with Gasteiger partial charge in [-0.1, -0.05) is 23.2 Å². The Bertz CT molecular complexity index is 814. The molecule has 0 aliphatic carbocycles. The van der Waals surface area contributed by atoms with Crippen molar-refractivity contribution in [2.45, 2.75) is 12.8 Å². The minimum atomic E-state index is -0.364. The molecular formula is C19H19Cl2N3O2. The van der Waals surface area contributed by atoms with Crippen LogP contribution in [0.15, 0.2) is 42.7 Å². The molecule has 1 aliphatic rings. The van der Waals surface area contributed by atoms with E-state index in [0.29, 0.717) is 28.8 Å². The summed E-state index contributed by atoms with van der Waals surface area (Å²) in [5, 5.41) is 0.916. The first-order valence-electron chi connectivity index (χ1n) is 8.35. The van der Waals surface area contributed by atoms with Gasteiger partial charge in [0.15, 0.2) is 0 Å². The first-order chi connectivity index (χ1) is 12.5. The lowest BCUT2D eigenvalue weighted by atomic mass is 10.1. The van der Waals surface area contributed by atoms with Crippen molar-refractivity contribution in [1.29, 1.82) is 0 Å². The molecule has 1 saturated heterocycles. The first kappa shape index (κ1) is 18.7. The molecule has 1 unspecified atom stereocenters. The van der Waals surface area contributed by atoms with Crippen molar-refractivity contribution in [3.05, 3.63) is 58.3 Å². The number of likely N-dealkylation sites (N-methyl/N-ethyl adjacent to an activating group) is 1. The normalized spacial score (nSPS) is 16.8. The lowest BCUT2D eigenvalue weighted by molar-refractivity contribution is -0.134. The number of amides is 2. The molecule has 1 aliphatic heterocycles. The summed E-state index contributed by atoms with van der Waals surface area (Å²) in [6.45, 7) is 0.924. The van der Waals surface area contributed by atoms with E-state index in [0.717, 1.165) is 12.0 Å². The summed E-state index contributed by atoms with van der Waals surface area (Å²) in [5.74, 6) is -0.494. The van der Waals surface area contributed by atoms with E-state index in [1.54, 1.807) is 47.4 Å². The molecule has 5 nitrogen and oxygen atoms in total. The molecule has 0 spiro atoms. The van der Waals surface area contributed by atoms with Crippen molar-refractivity contribution >= 4 is 40.7 Å². The molecule has 136 valence electrons. The van der Waals surface area contributed by atoms with Crippen LogP contribution in [0.5, 0.6) is 0 Å². The molecule has 0 radical (unpaired) electrons. The Labute approximate surface area is 162 Å². The van der Waals surface area contributed by atoms with Crippen molar-refractivity contribution in [3.8, 4) is 0 Å². The summed E-state index contributed by atoms with van der Waals surface area (Å²) in [6, 6.07) is 8.86. The number of benzene rings is 1. The van der Waals surface area contributed by atoms with Gasteiger partial charge in [-0.05, 0) is 42.3 Å². The summed E-state index contributed by atoms with van der Waals surface area (Å²) >= 11 is 12.1. The summed E-state index contributed by atoms with van der Waals surface area (Å²) in [7, 11) is 1.77. The van der Waals surface area contributed by atoms with Gasteiger partial charge in [-0.2, -0.15) is 0 Å². The number of anilines is 1. The van der Waals surface area contributed by atoms with E-state index in [1.807, 2.05) is 12.1 Å². The number of pyridine rings is 1. The molecule has 3 rings (SSSR count). The van der Waals surface area contributed by atoms with E-state index in [1.165, 1.54) is 0 Å². The zero-order valence-electron chi connectivity index (χ0n) is 14.4. The Morgan fingerprint density at radius 3 is 2.69 bits per heavy atom. The van der Waals surface area contributed by atoms with E-state index < -0.39 is 0 Å². The minimum Gasteiger partial charge on any atom is -0.345 e. The monoisotopic (exact) mass is 391 g/mol. The Hall–Kier alpha value is -2.11. The third kappa shape index (κ3) is 4.17. The highest BCUT2D eigenvalue weighted by Gasteiger charge is 2.37. The zero-order valence-corrected chi connectivity index (χ0v) is 15.9. The molecule has 7 heteroatoms. The molecule has 1 atom stereocenters. The van der Waals surface area contributed by atoms with Gasteiger partial charge in [-0.15, -0.1) is 0 Å². The summed E-state index contributed by atoms with van der Waals surface area (Å²) in [4.78, 5) is 32.3. The maximum atomic E-state index is 12.7. The number of hydrogen-bond acceptors (Lipinski definition) is 3. The minimum absolute atomic E-state index is 0.0278. The average molecular weight is 392 g/mol. The maximum absolute atomic E-state index is 12.7. The second-order valence-electron chi connectivity index (χ2n) is 6.37. The van der Waals surface area contributed by atoms with Crippen LogP contribution in [0.25, 0.3) is 0 Å². The van der Waals surface area contributed by atoms with Gasteiger partial charge in [-0.3, -0.25) is 14.6 Å². The number of nitrogens with zero attached hydrogens (tertiary/aromatic N) is 3. The van der Waals surface area contributed by atoms with E-state index in [2.05, 4.69) is 4.98 Å². The molecule has 1 aromatic heterocycles. The van der Waals surface area contributed by atoms with Gasteiger partial charge in [0.1, 0.15) is 0 Å². The van der Waals surface area contributed by atoms with Gasteiger partial charge < -0.3 is 9.80 Å². The van der Waals surface area contributed by atoms with Crippen LogP contribution >= 0.6 is 23.2 Å². The molecule has 0 bridgehead atoms. The molecule has 2 amide bonds. The summed E-state index contributed by atoms with van der Waals surface area (Å²) in [5.41, 5.74) is 1.72. The number of carbonyl (C=O) groups excluding carboxylic acids is 2. The fourth-order valence-electron chi connectivity index (χ4n) is 3.07. The third-order valence-corrected chi connectivity index (χ3v) is 5.07. The Balaban J connectivity index is 1.63. The van der Waals surface area contributed by atoms with E-state index >= 15 is 0 Å². The molecule has 1 aromatic carbocycles. The molecule has 2 aromatic rings. The van der Waals surface area contributed by atoms with Gasteiger partial charge in [0, 0.05) is 44.0 Å². The summed E-state index contributed by atoms with van der Waals surface area (Å²) in [6.07, 6.45) is 4.41. The van der Waals surface area contributed by atoms with Crippen LogP contribution in [-0.4, -0.2) is 41.8 Å². The van der Waals surface area contributed by atoms with Crippen LogP contribution in [0.4, 0.5) is 5.69 Å². The summed E-state index contributed by atoms with van der Waals surface area (Å²) < 4.78 is 0. The van der Waals surface area contributed by atoms with Crippen LogP contribution in [0, 0.1) is 5.92 Å². The van der Waals surface area contributed by atoms with Gasteiger partial charge in [0.2, 0.25) is 11.8 Å². The quantitative estimate of drug-likeness (QED) is 0.784. The Morgan fingerprint density at radius 1 is 1.27 bits per heavy atom. The molecule has 0 saturated carbocycles. The van der Waals surface area contributed by atoms with Crippen molar-refractivity contribution < 1.29 is 9.59 Å². The lowest BCUT2D eigenvalue weighted by Gasteiger charge is -2.22. The highest BCUT2D eigenvalue weighted by Crippen LogP contribution is 2.33. The van der Waals surface area contributed by atoms with Crippen LogP contribution < -0.4 is 4.90 Å². The number of rotatable bonds is 5. The third-order valence-electron chi connectivity index (χ3n) is 4.54. The molecule has 26 heavy (non-hydrogen) atoms. The Kier molecular flexibility index (Phi) is 5.79. The van der Waals surface area contributed by atoms with Crippen molar-refractivity contribution in [2.75, 3.05) is 25.0 Å². The van der Waals surface area contributed by atoms with E-state index in [-0.39, 0.29) is 24.2 Å². The predicted molar refractivity (Wildman–Crippen MR) is 103 cm³/mol. The number of aromatic nitrogens is 1. The number of hydrogen-bond donors (Lipinski definition) is 0. The fourth-order valence-corrected chi connectivity index (χ4v) is 3.58. The molecular weight excluding hydrogens is 373 g/mol. The largest absolute Gasteiger partial charge is 0.345 e. The number of halogens is 2. The van der Waals surface area contributed by atoms with E-state index in [4.69, 9.17) is 23.2 Å². The lowest BCUT2D eigenvalue weighted by Crippen LogP contribution is -2.36. The van der Waals surface area contributed by atoms with Gasteiger partial charge in [0.25, 0.3) is 0 Å². The highest BCUT2D eigenvalue weighted by molar-refractivity contribution is 6.36. The van der Waals surface area contributed by atoms with Crippen LogP contribution in [0.1, 0.15) is 12.0 Å². The Morgan fingerprint density at radius 2 is 2.00 bits per heavy atom. The van der Waals surface area contributed by atoms with Crippen molar-refractivity contribution in [1.82, 2.24) is 9.88 Å². The second-order valence-corrected chi connectivity index (χ2v) is 7.21. The number of carbonyl (C=O) groups is 2. The smallest absolute Gasteiger partial charge is 0.227 e. The van der Waals surface area contributed by atoms with Crippen LogP contribution in [0.3, 0.4) is 0 Å². The van der Waals surface area contributed by atoms with Crippen LogP contribution in [-0.2, 0) is 16.0 Å². The second kappa shape index (κ2) is 8.06.